The highest BCUT2D eigenvalue weighted by molar-refractivity contribution is 5.95. The molecule has 1 fully saturated rings. The Morgan fingerprint density at radius 3 is 2.62 bits per heavy atom. The second-order valence-electron chi connectivity index (χ2n) is 6.37. The molecule has 2 rings (SSSR count). The molecular formula is C17H27N3O. The summed E-state index contributed by atoms with van der Waals surface area (Å²) in [7, 11) is 0. The fourth-order valence-electron chi connectivity index (χ4n) is 2.80. The fraction of sp³-hybridized carbons (Fsp3) is 0.588. The van der Waals surface area contributed by atoms with Gasteiger partial charge < -0.3 is 11.1 Å². The maximum absolute atomic E-state index is 12.2. The van der Waals surface area contributed by atoms with Crippen molar-refractivity contribution in [2.24, 2.45) is 11.7 Å². The summed E-state index contributed by atoms with van der Waals surface area (Å²) in [4.78, 5) is 14.6. The van der Waals surface area contributed by atoms with Gasteiger partial charge in [0.15, 0.2) is 0 Å². The first-order valence-corrected chi connectivity index (χ1v) is 7.93. The zero-order chi connectivity index (χ0) is 15.2. The molecule has 3 N–H and O–H groups in total. The van der Waals surface area contributed by atoms with Gasteiger partial charge in [-0.05, 0) is 49.9 Å². The van der Waals surface area contributed by atoms with E-state index in [4.69, 9.17) is 5.73 Å². The summed E-state index contributed by atoms with van der Waals surface area (Å²) >= 11 is 0. The molecule has 4 nitrogen and oxygen atoms in total. The molecule has 1 saturated heterocycles. The van der Waals surface area contributed by atoms with Gasteiger partial charge in [0, 0.05) is 12.2 Å². The van der Waals surface area contributed by atoms with Gasteiger partial charge in [-0.3, -0.25) is 9.69 Å². The molecular weight excluding hydrogens is 262 g/mol. The molecule has 1 aromatic rings. The van der Waals surface area contributed by atoms with Gasteiger partial charge in [-0.15, -0.1) is 0 Å². The first kappa shape index (κ1) is 16.0. The van der Waals surface area contributed by atoms with Crippen LogP contribution in [0.25, 0.3) is 0 Å². The van der Waals surface area contributed by atoms with Gasteiger partial charge in [0.25, 0.3) is 0 Å². The zero-order valence-corrected chi connectivity index (χ0v) is 13.1. The number of hydrogen-bond acceptors (Lipinski definition) is 3. The average Bonchev–Trinajstić information content (AvgIpc) is 2.93. The van der Waals surface area contributed by atoms with E-state index >= 15 is 0 Å². The van der Waals surface area contributed by atoms with Crippen molar-refractivity contribution >= 4 is 11.6 Å². The third kappa shape index (κ3) is 4.83. The summed E-state index contributed by atoms with van der Waals surface area (Å²) in [5.74, 6) is 0.336. The maximum Gasteiger partial charge on any atom is 0.241 e. The van der Waals surface area contributed by atoms with Crippen molar-refractivity contribution < 1.29 is 4.79 Å². The topological polar surface area (TPSA) is 58.4 Å². The second-order valence-corrected chi connectivity index (χ2v) is 6.37. The van der Waals surface area contributed by atoms with E-state index in [1.165, 1.54) is 18.4 Å². The summed E-state index contributed by atoms with van der Waals surface area (Å²) in [5.41, 5.74) is 8.02. The summed E-state index contributed by atoms with van der Waals surface area (Å²) in [5, 5.41) is 3.00. The molecule has 0 radical (unpaired) electrons. The molecule has 1 aliphatic heterocycles. The average molecular weight is 289 g/mol. The molecule has 116 valence electrons. The van der Waals surface area contributed by atoms with Crippen molar-refractivity contribution in [3.05, 3.63) is 29.8 Å². The van der Waals surface area contributed by atoms with Crippen LogP contribution in [0.2, 0.25) is 0 Å². The number of nitrogens with two attached hydrogens (primary N) is 1. The van der Waals surface area contributed by atoms with E-state index < -0.39 is 6.04 Å². The van der Waals surface area contributed by atoms with E-state index in [0.29, 0.717) is 12.3 Å². The van der Waals surface area contributed by atoms with Crippen LogP contribution >= 0.6 is 0 Å². The monoisotopic (exact) mass is 289 g/mol. The lowest BCUT2D eigenvalue weighted by Gasteiger charge is -2.19. The third-order valence-corrected chi connectivity index (χ3v) is 3.93. The van der Waals surface area contributed by atoms with Crippen molar-refractivity contribution in [3.63, 3.8) is 0 Å². The first-order chi connectivity index (χ1) is 10.1. The lowest BCUT2D eigenvalue weighted by Crippen LogP contribution is -2.37. The van der Waals surface area contributed by atoms with Crippen molar-refractivity contribution in [1.82, 2.24) is 4.90 Å². The highest BCUT2D eigenvalue weighted by Crippen LogP contribution is 2.20. The quantitative estimate of drug-likeness (QED) is 0.846. The van der Waals surface area contributed by atoms with Crippen LogP contribution in [0.4, 0.5) is 5.69 Å². The molecule has 0 saturated carbocycles. The van der Waals surface area contributed by atoms with Crippen LogP contribution < -0.4 is 11.1 Å². The van der Waals surface area contributed by atoms with Gasteiger partial charge in [0.1, 0.15) is 0 Å². The van der Waals surface area contributed by atoms with Crippen LogP contribution in [-0.2, 0) is 11.3 Å². The summed E-state index contributed by atoms with van der Waals surface area (Å²) in [6, 6.07) is 7.59. The second kappa shape index (κ2) is 7.57. The number of nitrogens with one attached hydrogen (secondary N) is 1. The van der Waals surface area contributed by atoms with Crippen LogP contribution in [0.5, 0.6) is 0 Å². The number of hydrogen-bond donors (Lipinski definition) is 2. The van der Waals surface area contributed by atoms with Gasteiger partial charge in [-0.25, -0.2) is 0 Å². The van der Waals surface area contributed by atoms with E-state index in [0.717, 1.165) is 25.3 Å². The van der Waals surface area contributed by atoms with E-state index in [1.807, 2.05) is 18.2 Å². The van der Waals surface area contributed by atoms with Crippen molar-refractivity contribution in [1.29, 1.82) is 0 Å². The molecule has 0 spiro atoms. The van der Waals surface area contributed by atoms with Crippen LogP contribution in [0.3, 0.4) is 0 Å². The van der Waals surface area contributed by atoms with E-state index in [1.54, 1.807) is 0 Å². The minimum Gasteiger partial charge on any atom is -0.324 e. The lowest BCUT2D eigenvalue weighted by molar-refractivity contribution is -0.117. The largest absolute Gasteiger partial charge is 0.324 e. The number of carbonyl (C=O) groups excluding carboxylic acids is 1. The highest BCUT2D eigenvalue weighted by Gasteiger charge is 2.18. The number of benzene rings is 1. The fourth-order valence-corrected chi connectivity index (χ4v) is 2.80. The molecule has 21 heavy (non-hydrogen) atoms. The van der Waals surface area contributed by atoms with Crippen molar-refractivity contribution in [2.45, 2.75) is 45.7 Å². The number of carbonyl (C=O) groups is 1. The van der Waals surface area contributed by atoms with E-state index in [9.17, 15) is 4.79 Å². The smallest absolute Gasteiger partial charge is 0.241 e. The van der Waals surface area contributed by atoms with Crippen LogP contribution in [-0.4, -0.2) is 29.9 Å². The molecule has 0 aliphatic carbocycles. The standard InChI is InChI=1S/C17H27N3O/c1-13(2)11-15(18)17(21)19-16-8-4-3-7-14(16)12-20-9-5-6-10-20/h3-4,7-8,13,15H,5-6,9-12,18H2,1-2H3,(H,19,21)/t15-/m0/s1. The van der Waals surface area contributed by atoms with Crippen LogP contribution in [0, 0.1) is 5.92 Å². The van der Waals surface area contributed by atoms with Gasteiger partial charge >= 0.3 is 0 Å². The third-order valence-electron chi connectivity index (χ3n) is 3.93. The normalized spacial score (nSPS) is 17.1. The Morgan fingerprint density at radius 2 is 1.95 bits per heavy atom. The number of amides is 1. The minimum atomic E-state index is -0.440. The molecule has 1 atom stereocenters. The Balaban J connectivity index is 2.00. The van der Waals surface area contributed by atoms with E-state index in [-0.39, 0.29) is 5.91 Å². The predicted molar refractivity (Wildman–Crippen MR) is 87.0 cm³/mol. The van der Waals surface area contributed by atoms with Crippen LogP contribution in [0.1, 0.15) is 38.7 Å². The lowest BCUT2D eigenvalue weighted by atomic mass is 10.0. The Kier molecular flexibility index (Phi) is 5.76. The molecule has 1 aromatic carbocycles. The molecule has 0 unspecified atom stereocenters. The SMILES string of the molecule is CC(C)C[C@H](N)C(=O)Nc1ccccc1CN1CCCC1. The van der Waals surface area contributed by atoms with Gasteiger partial charge in [0.2, 0.25) is 5.91 Å². The zero-order valence-electron chi connectivity index (χ0n) is 13.1. The molecule has 0 bridgehead atoms. The Bertz CT molecular complexity index is 467. The Labute approximate surface area is 127 Å². The number of para-hydroxylation sites is 1. The number of anilines is 1. The Morgan fingerprint density at radius 1 is 1.29 bits per heavy atom. The molecule has 1 heterocycles. The van der Waals surface area contributed by atoms with Crippen LogP contribution in [0.15, 0.2) is 24.3 Å². The van der Waals surface area contributed by atoms with Gasteiger partial charge in [0.05, 0.1) is 6.04 Å². The first-order valence-electron chi connectivity index (χ1n) is 7.93. The summed E-state index contributed by atoms with van der Waals surface area (Å²) in [6.07, 6.45) is 3.25. The van der Waals surface area contributed by atoms with Gasteiger partial charge in [-0.1, -0.05) is 32.0 Å². The number of nitrogens with zero attached hydrogens (tertiary/aromatic N) is 1. The molecule has 1 aliphatic rings. The molecule has 0 aromatic heterocycles. The van der Waals surface area contributed by atoms with E-state index in [2.05, 4.69) is 30.1 Å². The molecule has 1 amide bonds. The summed E-state index contributed by atoms with van der Waals surface area (Å²) < 4.78 is 0. The van der Waals surface area contributed by atoms with Crippen molar-refractivity contribution in [2.75, 3.05) is 18.4 Å². The van der Waals surface area contributed by atoms with Crippen molar-refractivity contribution in [3.8, 4) is 0 Å². The minimum absolute atomic E-state index is 0.0856. The Hall–Kier alpha value is -1.39. The number of rotatable bonds is 6. The van der Waals surface area contributed by atoms with Gasteiger partial charge in [-0.2, -0.15) is 0 Å². The molecule has 4 heteroatoms. The highest BCUT2D eigenvalue weighted by atomic mass is 16.2. The maximum atomic E-state index is 12.2. The number of likely N-dealkylation sites (tertiary alicyclic amines) is 1. The summed E-state index contributed by atoms with van der Waals surface area (Å²) in [6.45, 7) is 7.35. The predicted octanol–water partition coefficient (Wildman–Crippen LogP) is 2.59.